The van der Waals surface area contributed by atoms with E-state index in [0.717, 1.165) is 36.5 Å². The number of likely N-dealkylation sites (N-methyl/N-ethyl adjacent to an activating group) is 1. The number of aryl methyl sites for hydroxylation is 1. The Bertz CT molecular complexity index is 978. The lowest BCUT2D eigenvalue weighted by Gasteiger charge is -2.34. The molecule has 1 unspecified atom stereocenters. The largest absolute Gasteiger partial charge is 0.359 e. The Kier molecular flexibility index (Phi) is 5.32. The van der Waals surface area contributed by atoms with Gasteiger partial charge in [0.25, 0.3) is 0 Å². The SMILES string of the molecule is CN(CCc1ccncc1)c1nc(Cl)nc2sc3c(c12)CCC(C(C)(C)C)C3. The number of hydrogen-bond donors (Lipinski definition) is 0. The zero-order valence-electron chi connectivity index (χ0n) is 17.0. The van der Waals surface area contributed by atoms with Gasteiger partial charge in [-0.25, -0.2) is 4.98 Å². The van der Waals surface area contributed by atoms with Crippen molar-refractivity contribution in [3.05, 3.63) is 45.8 Å². The lowest BCUT2D eigenvalue weighted by Crippen LogP contribution is -2.26. The normalized spacial score (nSPS) is 17.0. The van der Waals surface area contributed by atoms with E-state index in [1.54, 1.807) is 0 Å². The van der Waals surface area contributed by atoms with Crippen molar-refractivity contribution in [1.29, 1.82) is 0 Å². The zero-order chi connectivity index (χ0) is 19.9. The number of aromatic nitrogens is 3. The first-order valence-corrected chi connectivity index (χ1v) is 11.1. The Hall–Kier alpha value is -1.72. The van der Waals surface area contributed by atoms with Gasteiger partial charge in [0.1, 0.15) is 10.6 Å². The highest BCUT2D eigenvalue weighted by Gasteiger charge is 2.32. The molecule has 4 rings (SSSR count). The molecule has 0 N–H and O–H groups in total. The first-order chi connectivity index (χ1) is 13.3. The van der Waals surface area contributed by atoms with Crippen LogP contribution in [-0.2, 0) is 19.3 Å². The third-order valence-electron chi connectivity index (χ3n) is 5.93. The summed E-state index contributed by atoms with van der Waals surface area (Å²) in [4.78, 5) is 18.0. The average molecular weight is 415 g/mol. The number of pyridine rings is 1. The Balaban J connectivity index is 1.66. The van der Waals surface area contributed by atoms with E-state index < -0.39 is 0 Å². The highest BCUT2D eigenvalue weighted by atomic mass is 35.5. The third-order valence-corrected chi connectivity index (χ3v) is 7.25. The minimum atomic E-state index is 0.335. The first kappa shape index (κ1) is 19.6. The van der Waals surface area contributed by atoms with E-state index in [2.05, 4.69) is 59.8 Å². The number of halogens is 1. The van der Waals surface area contributed by atoms with Gasteiger partial charge in [-0.1, -0.05) is 20.8 Å². The topological polar surface area (TPSA) is 41.9 Å². The van der Waals surface area contributed by atoms with Gasteiger partial charge in [-0.3, -0.25) is 4.98 Å². The van der Waals surface area contributed by atoms with Crippen LogP contribution < -0.4 is 4.90 Å². The van der Waals surface area contributed by atoms with E-state index in [-0.39, 0.29) is 0 Å². The van der Waals surface area contributed by atoms with Crippen molar-refractivity contribution in [3.8, 4) is 0 Å². The number of thiophene rings is 1. The Morgan fingerprint density at radius 2 is 1.96 bits per heavy atom. The Morgan fingerprint density at radius 1 is 1.21 bits per heavy atom. The molecule has 1 aliphatic rings. The van der Waals surface area contributed by atoms with Crippen molar-refractivity contribution >= 4 is 39.0 Å². The molecular formula is C22H27ClN4S. The van der Waals surface area contributed by atoms with Crippen LogP contribution in [0.25, 0.3) is 10.2 Å². The Morgan fingerprint density at radius 3 is 2.68 bits per heavy atom. The molecule has 3 aromatic rings. The molecule has 4 nitrogen and oxygen atoms in total. The number of rotatable bonds is 4. The quantitative estimate of drug-likeness (QED) is 0.523. The van der Waals surface area contributed by atoms with Crippen molar-refractivity contribution < 1.29 is 0 Å². The maximum absolute atomic E-state index is 6.30. The fourth-order valence-electron chi connectivity index (χ4n) is 4.10. The molecule has 3 heterocycles. The molecule has 1 atom stereocenters. The van der Waals surface area contributed by atoms with Crippen LogP contribution in [0.2, 0.25) is 5.28 Å². The summed E-state index contributed by atoms with van der Waals surface area (Å²) in [6.45, 7) is 7.93. The fourth-order valence-corrected chi connectivity index (χ4v) is 5.61. The monoisotopic (exact) mass is 414 g/mol. The second-order valence-corrected chi connectivity index (χ2v) is 10.3. The summed E-state index contributed by atoms with van der Waals surface area (Å²) in [7, 11) is 2.10. The van der Waals surface area contributed by atoms with Gasteiger partial charge in [0.2, 0.25) is 5.28 Å². The second-order valence-electron chi connectivity index (χ2n) is 8.83. The predicted octanol–water partition coefficient (Wildman–Crippen LogP) is 5.57. The van der Waals surface area contributed by atoms with Crippen LogP contribution in [0.1, 0.15) is 43.2 Å². The van der Waals surface area contributed by atoms with Gasteiger partial charge in [0.15, 0.2) is 0 Å². The van der Waals surface area contributed by atoms with Crippen LogP contribution in [-0.4, -0.2) is 28.5 Å². The van der Waals surface area contributed by atoms with Gasteiger partial charge in [0, 0.05) is 30.9 Å². The van der Waals surface area contributed by atoms with Crippen molar-refractivity contribution in [3.63, 3.8) is 0 Å². The molecule has 3 aromatic heterocycles. The lowest BCUT2D eigenvalue weighted by atomic mass is 9.72. The molecule has 1 aliphatic carbocycles. The molecule has 0 aromatic carbocycles. The zero-order valence-corrected chi connectivity index (χ0v) is 18.6. The molecule has 0 spiro atoms. The van der Waals surface area contributed by atoms with Crippen LogP contribution in [0.4, 0.5) is 5.82 Å². The summed E-state index contributed by atoms with van der Waals surface area (Å²) in [5.41, 5.74) is 3.06. The summed E-state index contributed by atoms with van der Waals surface area (Å²) in [6, 6.07) is 4.13. The summed E-state index contributed by atoms with van der Waals surface area (Å²) < 4.78 is 0. The number of anilines is 1. The van der Waals surface area contributed by atoms with Crippen molar-refractivity contribution in [2.45, 2.75) is 46.5 Å². The van der Waals surface area contributed by atoms with Gasteiger partial charge in [-0.05, 0) is 71.9 Å². The van der Waals surface area contributed by atoms with Crippen LogP contribution in [0.5, 0.6) is 0 Å². The third kappa shape index (κ3) is 3.87. The molecule has 0 radical (unpaired) electrons. The summed E-state index contributed by atoms with van der Waals surface area (Å²) in [6.07, 6.45) is 8.10. The van der Waals surface area contributed by atoms with Gasteiger partial charge in [-0.15, -0.1) is 11.3 Å². The highest BCUT2D eigenvalue weighted by Crippen LogP contribution is 2.45. The highest BCUT2D eigenvalue weighted by molar-refractivity contribution is 7.19. The van der Waals surface area contributed by atoms with Crippen LogP contribution in [0, 0.1) is 11.3 Å². The predicted molar refractivity (Wildman–Crippen MR) is 119 cm³/mol. The lowest BCUT2D eigenvalue weighted by molar-refractivity contribution is 0.218. The smallest absolute Gasteiger partial charge is 0.225 e. The number of fused-ring (bicyclic) bond motifs is 3. The van der Waals surface area contributed by atoms with Gasteiger partial charge in [-0.2, -0.15) is 4.98 Å². The van der Waals surface area contributed by atoms with Crippen molar-refractivity contribution in [1.82, 2.24) is 15.0 Å². The van der Waals surface area contributed by atoms with E-state index in [9.17, 15) is 0 Å². The standard InChI is InChI=1S/C22H27ClN4S/c1-22(2,3)15-5-6-16-17(13-15)28-20-18(16)19(25-21(23)26-20)27(4)12-9-14-7-10-24-11-8-14/h7-8,10-11,15H,5-6,9,12-13H2,1-4H3. The maximum Gasteiger partial charge on any atom is 0.225 e. The molecule has 0 aliphatic heterocycles. The van der Waals surface area contributed by atoms with E-state index in [4.69, 9.17) is 11.6 Å². The van der Waals surface area contributed by atoms with E-state index in [1.165, 1.54) is 27.8 Å². The number of hydrogen-bond acceptors (Lipinski definition) is 5. The fraction of sp³-hybridized carbons (Fsp3) is 0.500. The summed E-state index contributed by atoms with van der Waals surface area (Å²) in [5, 5.41) is 1.55. The Labute approximate surface area is 176 Å². The van der Waals surface area contributed by atoms with E-state index in [0.29, 0.717) is 16.6 Å². The molecule has 0 fully saturated rings. The molecular weight excluding hydrogens is 388 g/mol. The van der Waals surface area contributed by atoms with Crippen molar-refractivity contribution in [2.24, 2.45) is 11.3 Å². The second kappa shape index (κ2) is 7.60. The van der Waals surface area contributed by atoms with Gasteiger partial charge in [0.05, 0.1) is 5.39 Å². The molecule has 6 heteroatoms. The summed E-state index contributed by atoms with van der Waals surface area (Å²) >= 11 is 8.11. The molecule has 0 amide bonds. The molecule has 28 heavy (non-hydrogen) atoms. The van der Waals surface area contributed by atoms with E-state index in [1.807, 2.05) is 23.7 Å². The van der Waals surface area contributed by atoms with Crippen LogP contribution in [0.3, 0.4) is 0 Å². The molecule has 0 saturated heterocycles. The molecule has 0 bridgehead atoms. The first-order valence-electron chi connectivity index (χ1n) is 9.90. The van der Waals surface area contributed by atoms with Gasteiger partial charge >= 0.3 is 0 Å². The van der Waals surface area contributed by atoms with Crippen molar-refractivity contribution in [2.75, 3.05) is 18.5 Å². The summed E-state index contributed by atoms with van der Waals surface area (Å²) in [5.74, 6) is 1.68. The van der Waals surface area contributed by atoms with E-state index >= 15 is 0 Å². The van der Waals surface area contributed by atoms with Crippen LogP contribution >= 0.6 is 22.9 Å². The number of nitrogens with zero attached hydrogens (tertiary/aromatic N) is 4. The molecule has 148 valence electrons. The minimum absolute atomic E-state index is 0.335. The molecule has 0 saturated carbocycles. The minimum Gasteiger partial charge on any atom is -0.359 e. The average Bonchev–Trinajstić information content (AvgIpc) is 3.02. The van der Waals surface area contributed by atoms with Gasteiger partial charge < -0.3 is 4.90 Å². The maximum atomic E-state index is 6.30. The van der Waals surface area contributed by atoms with Crippen LogP contribution in [0.15, 0.2) is 24.5 Å².